The molecule has 0 bridgehead atoms. The van der Waals surface area contributed by atoms with Crippen molar-refractivity contribution in [3.63, 3.8) is 0 Å². The summed E-state index contributed by atoms with van der Waals surface area (Å²) in [5.41, 5.74) is 4.25. The van der Waals surface area contributed by atoms with Gasteiger partial charge >= 0.3 is 0 Å². The number of benzene rings is 2. The van der Waals surface area contributed by atoms with Crippen LogP contribution in [0.1, 0.15) is 11.3 Å². The van der Waals surface area contributed by atoms with Crippen LogP contribution in [-0.2, 0) is 5.75 Å². The van der Waals surface area contributed by atoms with E-state index in [2.05, 4.69) is 32.7 Å². The van der Waals surface area contributed by atoms with Crippen LogP contribution in [-0.4, -0.2) is 15.2 Å². The number of thioether (sulfide) groups is 1. The second-order valence-electron chi connectivity index (χ2n) is 5.49. The van der Waals surface area contributed by atoms with Crippen molar-refractivity contribution in [3.05, 3.63) is 71.2 Å². The average molecular weight is 365 g/mol. The molecule has 25 heavy (non-hydrogen) atoms. The van der Waals surface area contributed by atoms with Gasteiger partial charge in [-0.25, -0.2) is 4.98 Å². The maximum Gasteiger partial charge on any atom is 0.277 e. The minimum absolute atomic E-state index is 0.559. The smallest absolute Gasteiger partial charge is 0.277 e. The first-order chi connectivity index (χ1) is 12.3. The monoisotopic (exact) mass is 365 g/mol. The molecule has 0 fully saturated rings. The minimum atomic E-state index is 0.559. The maximum atomic E-state index is 5.78. The van der Waals surface area contributed by atoms with Crippen molar-refractivity contribution in [2.24, 2.45) is 0 Å². The number of nitrogens with zero attached hydrogens (tertiary/aromatic N) is 3. The van der Waals surface area contributed by atoms with Crippen LogP contribution in [0.3, 0.4) is 0 Å². The minimum Gasteiger partial charge on any atom is -0.411 e. The summed E-state index contributed by atoms with van der Waals surface area (Å²) in [6, 6.07) is 18.2. The molecule has 0 aliphatic carbocycles. The van der Waals surface area contributed by atoms with E-state index in [1.807, 2.05) is 49.4 Å². The van der Waals surface area contributed by atoms with E-state index in [9.17, 15) is 0 Å². The van der Waals surface area contributed by atoms with Crippen molar-refractivity contribution >= 4 is 23.1 Å². The zero-order valence-electron chi connectivity index (χ0n) is 13.5. The molecule has 0 amide bonds. The van der Waals surface area contributed by atoms with E-state index in [0.29, 0.717) is 16.9 Å². The van der Waals surface area contributed by atoms with Gasteiger partial charge in [-0.1, -0.05) is 60.3 Å². The first kappa shape index (κ1) is 16.1. The van der Waals surface area contributed by atoms with Gasteiger partial charge in [0.2, 0.25) is 5.89 Å². The molecule has 0 spiro atoms. The van der Waals surface area contributed by atoms with E-state index < -0.39 is 0 Å². The molecule has 4 rings (SSSR count). The topological polar surface area (TPSA) is 51.8 Å². The Bertz CT molecular complexity index is 979. The second kappa shape index (κ2) is 7.21. The summed E-state index contributed by atoms with van der Waals surface area (Å²) < 4.78 is 5.78. The number of thiazole rings is 1. The van der Waals surface area contributed by atoms with Gasteiger partial charge in [0.15, 0.2) is 0 Å². The Kier molecular flexibility index (Phi) is 4.63. The lowest BCUT2D eigenvalue weighted by molar-refractivity contribution is 0.465. The number of rotatable bonds is 5. The van der Waals surface area contributed by atoms with Crippen LogP contribution in [0.4, 0.5) is 0 Å². The molecule has 0 saturated carbocycles. The Morgan fingerprint density at radius 3 is 2.64 bits per heavy atom. The van der Waals surface area contributed by atoms with Gasteiger partial charge in [0, 0.05) is 22.3 Å². The molecule has 0 saturated heterocycles. The van der Waals surface area contributed by atoms with Gasteiger partial charge in [-0.15, -0.1) is 21.5 Å². The van der Waals surface area contributed by atoms with E-state index in [1.54, 1.807) is 11.3 Å². The van der Waals surface area contributed by atoms with Crippen molar-refractivity contribution in [2.75, 3.05) is 0 Å². The molecule has 0 N–H and O–H groups in total. The summed E-state index contributed by atoms with van der Waals surface area (Å²) in [6.07, 6.45) is 0. The molecule has 0 unspecified atom stereocenters. The summed E-state index contributed by atoms with van der Waals surface area (Å²) >= 11 is 3.16. The Hall–Kier alpha value is -2.44. The predicted molar refractivity (Wildman–Crippen MR) is 102 cm³/mol. The van der Waals surface area contributed by atoms with Crippen LogP contribution in [0.15, 0.2) is 69.6 Å². The van der Waals surface area contributed by atoms with Gasteiger partial charge in [-0.3, -0.25) is 0 Å². The van der Waals surface area contributed by atoms with Crippen LogP contribution in [0.5, 0.6) is 0 Å². The normalized spacial score (nSPS) is 10.9. The summed E-state index contributed by atoms with van der Waals surface area (Å²) in [5, 5.41) is 12.0. The van der Waals surface area contributed by atoms with E-state index in [0.717, 1.165) is 27.4 Å². The Labute approximate surface area is 154 Å². The zero-order chi connectivity index (χ0) is 17.1. The molecular weight excluding hydrogens is 350 g/mol. The van der Waals surface area contributed by atoms with Crippen molar-refractivity contribution in [1.29, 1.82) is 0 Å². The van der Waals surface area contributed by atoms with Gasteiger partial charge in [-0.2, -0.15) is 0 Å². The van der Waals surface area contributed by atoms with E-state index in [4.69, 9.17) is 4.42 Å². The molecule has 0 aliphatic heterocycles. The van der Waals surface area contributed by atoms with Crippen LogP contribution in [0.25, 0.3) is 22.0 Å². The number of hydrogen-bond acceptors (Lipinski definition) is 6. The standard InChI is InChI=1S/C19H15N3OS2/c1-13-7-5-6-10-16(13)17-21-22-19(23-17)25-12-15-11-24-18(20-15)14-8-3-2-4-9-14/h2-11H,12H2,1H3. The van der Waals surface area contributed by atoms with E-state index in [-0.39, 0.29) is 0 Å². The lowest BCUT2D eigenvalue weighted by Crippen LogP contribution is -1.82. The lowest BCUT2D eigenvalue weighted by atomic mass is 10.1. The van der Waals surface area contributed by atoms with Gasteiger partial charge in [-0.05, 0) is 18.6 Å². The third-order valence-electron chi connectivity index (χ3n) is 3.70. The molecule has 2 aromatic heterocycles. The second-order valence-corrected chi connectivity index (χ2v) is 7.27. The lowest BCUT2D eigenvalue weighted by Gasteiger charge is -1.98. The number of hydrogen-bond donors (Lipinski definition) is 0. The highest BCUT2D eigenvalue weighted by Gasteiger charge is 2.12. The molecule has 6 heteroatoms. The molecule has 0 aliphatic rings. The Balaban J connectivity index is 1.44. The molecule has 2 aromatic carbocycles. The van der Waals surface area contributed by atoms with Gasteiger partial charge < -0.3 is 4.42 Å². The number of aromatic nitrogens is 3. The highest BCUT2D eigenvalue weighted by molar-refractivity contribution is 7.98. The Morgan fingerprint density at radius 2 is 1.80 bits per heavy atom. The zero-order valence-corrected chi connectivity index (χ0v) is 15.2. The molecule has 4 aromatic rings. The van der Waals surface area contributed by atoms with Crippen LogP contribution in [0, 0.1) is 6.92 Å². The molecule has 4 nitrogen and oxygen atoms in total. The SMILES string of the molecule is Cc1ccccc1-c1nnc(SCc2csc(-c3ccccc3)n2)o1. The van der Waals surface area contributed by atoms with Crippen LogP contribution < -0.4 is 0 Å². The summed E-state index contributed by atoms with van der Waals surface area (Å²) in [6.45, 7) is 2.03. The van der Waals surface area contributed by atoms with Crippen LogP contribution in [0.2, 0.25) is 0 Å². The molecule has 2 heterocycles. The van der Waals surface area contributed by atoms with Gasteiger partial charge in [0.25, 0.3) is 5.22 Å². The predicted octanol–water partition coefficient (Wildman–Crippen LogP) is 5.46. The van der Waals surface area contributed by atoms with Gasteiger partial charge in [0.1, 0.15) is 5.01 Å². The third-order valence-corrected chi connectivity index (χ3v) is 5.49. The average Bonchev–Trinajstić information content (AvgIpc) is 3.31. The highest BCUT2D eigenvalue weighted by Crippen LogP contribution is 2.29. The quantitative estimate of drug-likeness (QED) is 0.440. The van der Waals surface area contributed by atoms with Crippen molar-refractivity contribution in [1.82, 2.24) is 15.2 Å². The van der Waals surface area contributed by atoms with Crippen molar-refractivity contribution < 1.29 is 4.42 Å². The summed E-state index contributed by atoms with van der Waals surface area (Å²) in [5.74, 6) is 1.27. The summed E-state index contributed by atoms with van der Waals surface area (Å²) in [4.78, 5) is 4.68. The van der Waals surface area contributed by atoms with Crippen molar-refractivity contribution in [2.45, 2.75) is 17.9 Å². The maximum absolute atomic E-state index is 5.78. The first-order valence-electron chi connectivity index (χ1n) is 7.82. The first-order valence-corrected chi connectivity index (χ1v) is 9.68. The van der Waals surface area contributed by atoms with E-state index >= 15 is 0 Å². The molecule has 124 valence electrons. The summed E-state index contributed by atoms with van der Waals surface area (Å²) in [7, 11) is 0. The fraction of sp³-hybridized carbons (Fsp3) is 0.105. The third kappa shape index (κ3) is 3.65. The fourth-order valence-corrected chi connectivity index (χ4v) is 4.00. The van der Waals surface area contributed by atoms with E-state index in [1.165, 1.54) is 11.8 Å². The largest absolute Gasteiger partial charge is 0.411 e. The molecule has 0 radical (unpaired) electrons. The highest BCUT2D eigenvalue weighted by atomic mass is 32.2. The Morgan fingerprint density at radius 1 is 1.00 bits per heavy atom. The van der Waals surface area contributed by atoms with Crippen molar-refractivity contribution in [3.8, 4) is 22.0 Å². The fourth-order valence-electron chi connectivity index (χ4n) is 2.41. The molecule has 0 atom stereocenters. The number of aryl methyl sites for hydroxylation is 1. The van der Waals surface area contributed by atoms with Gasteiger partial charge in [0.05, 0.1) is 5.69 Å². The molecular formula is C19H15N3OS2. The van der Waals surface area contributed by atoms with Crippen LogP contribution >= 0.6 is 23.1 Å².